The van der Waals surface area contributed by atoms with Crippen LogP contribution in [0.5, 0.6) is 0 Å². The average molecular weight is 1470 g/mol. The maximum atomic E-state index is 13.1. The van der Waals surface area contributed by atoms with Gasteiger partial charge in [-0.3, -0.25) is 37.3 Å². The van der Waals surface area contributed by atoms with Gasteiger partial charge in [0.25, 0.3) is 0 Å². The summed E-state index contributed by atoms with van der Waals surface area (Å²) < 4.78 is 68.8. The van der Waals surface area contributed by atoms with E-state index in [4.69, 9.17) is 37.0 Å². The van der Waals surface area contributed by atoms with Gasteiger partial charge in [0, 0.05) is 25.7 Å². The number of aliphatic hydroxyl groups excluding tert-OH is 1. The first kappa shape index (κ1) is 98.1. The number of phosphoric acid groups is 2. The fourth-order valence-corrected chi connectivity index (χ4v) is 14.1. The highest BCUT2D eigenvalue weighted by atomic mass is 31.2. The number of carbonyl (C=O) groups is 4. The van der Waals surface area contributed by atoms with E-state index >= 15 is 0 Å². The van der Waals surface area contributed by atoms with Crippen molar-refractivity contribution < 1.29 is 80.2 Å². The molecule has 0 rings (SSSR count). The first-order valence-corrected chi connectivity index (χ1v) is 45.2. The van der Waals surface area contributed by atoms with E-state index in [1.807, 2.05) is 0 Å². The number of hydrogen-bond donors (Lipinski definition) is 3. The molecule has 3 unspecified atom stereocenters. The fraction of sp³-hybridized carbons (Fsp3) is 0.951. The van der Waals surface area contributed by atoms with Crippen LogP contribution in [0.4, 0.5) is 0 Å². The lowest BCUT2D eigenvalue weighted by atomic mass is 9.99. The Morgan fingerprint density at radius 1 is 0.280 bits per heavy atom. The molecule has 0 bridgehead atoms. The van der Waals surface area contributed by atoms with Gasteiger partial charge in [0.05, 0.1) is 26.4 Å². The highest BCUT2D eigenvalue weighted by Gasteiger charge is 2.30. The zero-order valence-corrected chi connectivity index (χ0v) is 67.1. The number of phosphoric ester groups is 2. The van der Waals surface area contributed by atoms with E-state index in [0.717, 1.165) is 95.8 Å². The van der Waals surface area contributed by atoms with Gasteiger partial charge in [0.15, 0.2) is 12.2 Å². The minimum absolute atomic E-state index is 0.107. The van der Waals surface area contributed by atoms with E-state index in [2.05, 4.69) is 34.6 Å². The van der Waals surface area contributed by atoms with E-state index in [-0.39, 0.29) is 25.7 Å². The van der Waals surface area contributed by atoms with Crippen molar-refractivity contribution in [1.29, 1.82) is 0 Å². The van der Waals surface area contributed by atoms with E-state index in [9.17, 15) is 43.2 Å². The normalized spacial score (nSPS) is 14.1. The minimum Gasteiger partial charge on any atom is -0.462 e. The zero-order chi connectivity index (χ0) is 73.4. The van der Waals surface area contributed by atoms with Gasteiger partial charge in [-0.15, -0.1) is 0 Å². The van der Waals surface area contributed by atoms with Crippen LogP contribution in [0.15, 0.2) is 0 Å². The predicted molar refractivity (Wildman–Crippen MR) is 409 cm³/mol. The molecule has 0 saturated carbocycles. The summed E-state index contributed by atoms with van der Waals surface area (Å²) >= 11 is 0. The SMILES string of the molecule is CCCCCCCCCCCCCCCCCCCCCC(=O)O[C@H](COC(=O)CCCCCCCCCCCCCCCCC)COP(=O)(O)OC[C@@H](O)COP(=O)(O)OC[C@@H](COC(=O)CCCCCCCCCCCCCC)OC(=O)CCCCCCCCCCCCC(C)CC. The van der Waals surface area contributed by atoms with Crippen molar-refractivity contribution in [2.45, 2.75) is 451 Å². The number of esters is 4. The van der Waals surface area contributed by atoms with Crippen LogP contribution < -0.4 is 0 Å². The van der Waals surface area contributed by atoms with Gasteiger partial charge in [0.1, 0.15) is 19.3 Å². The van der Waals surface area contributed by atoms with Gasteiger partial charge in [-0.2, -0.15) is 0 Å². The summed E-state index contributed by atoms with van der Waals surface area (Å²) in [6.07, 6.45) is 65.0. The van der Waals surface area contributed by atoms with Crippen molar-refractivity contribution in [1.82, 2.24) is 0 Å². The van der Waals surface area contributed by atoms with Gasteiger partial charge < -0.3 is 33.8 Å². The van der Waals surface area contributed by atoms with Crippen molar-refractivity contribution in [3.63, 3.8) is 0 Å². The molecule has 0 spiro atoms. The lowest BCUT2D eigenvalue weighted by Gasteiger charge is -2.21. The largest absolute Gasteiger partial charge is 0.472 e. The number of aliphatic hydroxyl groups is 1. The minimum atomic E-state index is -4.96. The van der Waals surface area contributed by atoms with E-state index in [0.29, 0.717) is 25.7 Å². The molecule has 19 heteroatoms. The summed E-state index contributed by atoms with van der Waals surface area (Å²) in [5, 5.41) is 10.6. The summed E-state index contributed by atoms with van der Waals surface area (Å²) in [5.41, 5.74) is 0. The van der Waals surface area contributed by atoms with Gasteiger partial charge in [-0.25, -0.2) is 9.13 Å². The van der Waals surface area contributed by atoms with Gasteiger partial charge in [-0.1, -0.05) is 381 Å². The van der Waals surface area contributed by atoms with Crippen LogP contribution in [-0.4, -0.2) is 96.7 Å². The van der Waals surface area contributed by atoms with Gasteiger partial charge >= 0.3 is 39.5 Å². The summed E-state index contributed by atoms with van der Waals surface area (Å²) in [5.74, 6) is -1.30. The monoisotopic (exact) mass is 1470 g/mol. The van der Waals surface area contributed by atoms with E-state index in [1.54, 1.807) is 0 Å². The Labute approximate surface area is 613 Å². The number of rotatable bonds is 81. The lowest BCUT2D eigenvalue weighted by molar-refractivity contribution is -0.161. The van der Waals surface area contributed by atoms with Crippen LogP contribution >= 0.6 is 15.6 Å². The molecule has 0 aliphatic rings. The first-order valence-electron chi connectivity index (χ1n) is 42.2. The third-order valence-corrected chi connectivity index (χ3v) is 21.3. The Morgan fingerprint density at radius 2 is 0.480 bits per heavy atom. The van der Waals surface area contributed by atoms with E-state index < -0.39 is 97.5 Å². The van der Waals surface area contributed by atoms with Crippen LogP contribution in [0.1, 0.15) is 433 Å². The topological polar surface area (TPSA) is 237 Å². The summed E-state index contributed by atoms with van der Waals surface area (Å²) in [7, 11) is -9.92. The zero-order valence-electron chi connectivity index (χ0n) is 65.3. The van der Waals surface area contributed by atoms with Gasteiger partial charge in [0.2, 0.25) is 0 Å². The highest BCUT2D eigenvalue weighted by Crippen LogP contribution is 2.45. The Kier molecular flexibility index (Phi) is 72.5. The summed E-state index contributed by atoms with van der Waals surface area (Å²) in [6, 6.07) is 0. The smallest absolute Gasteiger partial charge is 0.462 e. The Morgan fingerprint density at radius 3 is 0.710 bits per heavy atom. The fourth-order valence-electron chi connectivity index (χ4n) is 12.6. The Balaban J connectivity index is 5.25. The second-order valence-corrected chi connectivity index (χ2v) is 32.3. The van der Waals surface area contributed by atoms with Gasteiger partial charge in [-0.05, 0) is 31.6 Å². The standard InChI is InChI=1S/C81H158O17P2/c1-6-10-13-16-19-22-25-28-30-31-32-33-35-37-40-46-51-56-61-66-80(85)97-76(70-92-79(84)65-60-55-50-45-39-36-34-29-26-23-20-17-14-11-7-2)72-95-99(87,88)93-68-75(82)69-94-100(89,90)96-73-77(71-91-78(83)64-59-54-49-44-38-27-24-21-18-15-12-8-3)98-81(86)67-62-57-52-47-42-41-43-48-53-58-63-74(5)9-4/h74-77,82H,6-73H2,1-5H3,(H,87,88)(H,89,90)/t74?,75-,76-,77-/m1/s1. The number of unbranched alkanes of at least 4 members (excludes halogenated alkanes) is 52. The van der Waals surface area contributed by atoms with Crippen molar-refractivity contribution in [3.8, 4) is 0 Å². The third kappa shape index (κ3) is 73.0. The molecule has 0 aromatic rings. The van der Waals surface area contributed by atoms with Crippen LogP contribution in [0.25, 0.3) is 0 Å². The molecular formula is C81H158O17P2. The van der Waals surface area contributed by atoms with Crippen molar-refractivity contribution in [2.24, 2.45) is 5.92 Å². The van der Waals surface area contributed by atoms with Crippen molar-refractivity contribution in [2.75, 3.05) is 39.6 Å². The van der Waals surface area contributed by atoms with Crippen LogP contribution in [-0.2, 0) is 65.4 Å². The van der Waals surface area contributed by atoms with Crippen molar-refractivity contribution >= 4 is 39.5 Å². The Hall–Kier alpha value is -1.94. The van der Waals surface area contributed by atoms with Crippen LogP contribution in [0, 0.1) is 5.92 Å². The molecule has 0 saturated heterocycles. The predicted octanol–water partition coefficient (Wildman–Crippen LogP) is 24.4. The average Bonchev–Trinajstić information content (AvgIpc) is 3.21. The summed E-state index contributed by atoms with van der Waals surface area (Å²) in [4.78, 5) is 73.1. The molecule has 0 fully saturated rings. The maximum Gasteiger partial charge on any atom is 0.472 e. The molecular weight excluding hydrogens is 1310 g/mol. The molecule has 0 aliphatic carbocycles. The third-order valence-electron chi connectivity index (χ3n) is 19.4. The molecule has 0 amide bonds. The molecule has 6 atom stereocenters. The number of hydrogen-bond acceptors (Lipinski definition) is 15. The lowest BCUT2D eigenvalue weighted by Crippen LogP contribution is -2.30. The first-order chi connectivity index (χ1) is 48.6. The molecule has 0 aromatic carbocycles. The molecule has 0 heterocycles. The second kappa shape index (κ2) is 73.9. The number of ether oxygens (including phenoxy) is 4. The van der Waals surface area contributed by atoms with E-state index in [1.165, 1.54) is 257 Å². The van der Waals surface area contributed by atoms with Crippen LogP contribution in [0.2, 0.25) is 0 Å². The van der Waals surface area contributed by atoms with Crippen LogP contribution in [0.3, 0.4) is 0 Å². The van der Waals surface area contributed by atoms with Crippen molar-refractivity contribution in [3.05, 3.63) is 0 Å². The highest BCUT2D eigenvalue weighted by molar-refractivity contribution is 7.47. The molecule has 594 valence electrons. The summed E-state index contributed by atoms with van der Waals surface area (Å²) in [6.45, 7) is 7.36. The Bertz CT molecular complexity index is 1910. The molecule has 3 N–H and O–H groups in total. The quantitative estimate of drug-likeness (QED) is 0.0222. The maximum absolute atomic E-state index is 13.1. The second-order valence-electron chi connectivity index (χ2n) is 29.4. The molecule has 0 aromatic heterocycles. The molecule has 17 nitrogen and oxygen atoms in total. The molecule has 0 radical (unpaired) electrons. The molecule has 100 heavy (non-hydrogen) atoms. The molecule has 0 aliphatic heterocycles. The number of carbonyl (C=O) groups excluding carboxylic acids is 4.